The number of aliphatic carboxylic acids is 1. The molecule has 1 saturated carbocycles. The van der Waals surface area contributed by atoms with Crippen molar-refractivity contribution in [1.29, 1.82) is 0 Å². The molecule has 0 spiro atoms. The Morgan fingerprint density at radius 1 is 1.47 bits per heavy atom. The SMILES string of the molecule is O=C(O)CC(c1cc2c(c(F)c1O)OCO2)C1CC1. The number of phenolic OH excluding ortho intramolecular Hbond substituents is 1. The van der Waals surface area contributed by atoms with E-state index in [1.165, 1.54) is 6.07 Å². The Kier molecular flexibility index (Phi) is 2.73. The normalized spacial score (nSPS) is 18.4. The average Bonchev–Trinajstić information content (AvgIpc) is 3.09. The van der Waals surface area contributed by atoms with Crippen molar-refractivity contribution >= 4 is 5.97 Å². The summed E-state index contributed by atoms with van der Waals surface area (Å²) >= 11 is 0. The first-order valence-corrected chi connectivity index (χ1v) is 6.10. The maximum absolute atomic E-state index is 13.9. The van der Waals surface area contributed by atoms with Crippen molar-refractivity contribution in [3.05, 3.63) is 17.4 Å². The van der Waals surface area contributed by atoms with Crippen LogP contribution in [0.5, 0.6) is 17.2 Å². The Balaban J connectivity index is 2.03. The number of carboxylic acids is 1. The van der Waals surface area contributed by atoms with Crippen LogP contribution in [0.1, 0.15) is 30.7 Å². The fourth-order valence-electron chi connectivity index (χ4n) is 2.51. The van der Waals surface area contributed by atoms with Gasteiger partial charge in [-0.25, -0.2) is 0 Å². The van der Waals surface area contributed by atoms with Gasteiger partial charge in [0.1, 0.15) is 0 Å². The van der Waals surface area contributed by atoms with E-state index in [0.29, 0.717) is 5.56 Å². The molecule has 0 amide bonds. The third kappa shape index (κ3) is 2.07. The zero-order valence-corrected chi connectivity index (χ0v) is 10.1. The van der Waals surface area contributed by atoms with E-state index >= 15 is 0 Å². The number of halogens is 1. The van der Waals surface area contributed by atoms with Gasteiger partial charge in [0.2, 0.25) is 18.4 Å². The summed E-state index contributed by atoms with van der Waals surface area (Å²) < 4.78 is 24.0. The summed E-state index contributed by atoms with van der Waals surface area (Å²) in [6.07, 6.45) is 1.66. The zero-order chi connectivity index (χ0) is 13.6. The highest BCUT2D eigenvalue weighted by Crippen LogP contribution is 2.51. The second-order valence-electron chi connectivity index (χ2n) is 4.90. The fourth-order valence-corrected chi connectivity index (χ4v) is 2.51. The quantitative estimate of drug-likeness (QED) is 0.875. The van der Waals surface area contributed by atoms with Gasteiger partial charge in [-0.15, -0.1) is 0 Å². The Labute approximate surface area is 108 Å². The Morgan fingerprint density at radius 2 is 2.21 bits per heavy atom. The van der Waals surface area contributed by atoms with Gasteiger partial charge in [-0.1, -0.05) is 0 Å². The van der Waals surface area contributed by atoms with E-state index in [1.54, 1.807) is 0 Å². The van der Waals surface area contributed by atoms with E-state index in [0.717, 1.165) is 12.8 Å². The third-order valence-corrected chi connectivity index (χ3v) is 3.59. The van der Waals surface area contributed by atoms with Crippen molar-refractivity contribution < 1.29 is 28.9 Å². The molecule has 1 unspecified atom stereocenters. The predicted molar refractivity (Wildman–Crippen MR) is 61.9 cm³/mol. The standard InChI is InChI=1S/C13H13FO5/c14-11-12(17)8(3-9-13(11)19-5-18-9)7(4-10(15)16)6-1-2-6/h3,6-7,17H,1-2,4-5H2,(H,15,16). The molecular weight excluding hydrogens is 255 g/mol. The van der Waals surface area contributed by atoms with E-state index in [2.05, 4.69) is 0 Å². The second-order valence-corrected chi connectivity index (χ2v) is 4.90. The highest BCUT2D eigenvalue weighted by molar-refractivity contribution is 5.69. The van der Waals surface area contributed by atoms with Crippen LogP contribution in [0.2, 0.25) is 0 Å². The monoisotopic (exact) mass is 268 g/mol. The molecule has 0 saturated heterocycles. The van der Waals surface area contributed by atoms with E-state index in [4.69, 9.17) is 14.6 Å². The lowest BCUT2D eigenvalue weighted by Crippen LogP contribution is -2.09. The van der Waals surface area contributed by atoms with Crippen molar-refractivity contribution in [3.8, 4) is 17.2 Å². The van der Waals surface area contributed by atoms with Gasteiger partial charge in [0.15, 0.2) is 11.5 Å². The Hall–Kier alpha value is -1.98. The van der Waals surface area contributed by atoms with E-state index in [9.17, 15) is 14.3 Å². The van der Waals surface area contributed by atoms with Crippen LogP contribution in [0, 0.1) is 11.7 Å². The molecule has 102 valence electrons. The van der Waals surface area contributed by atoms with Crippen LogP contribution >= 0.6 is 0 Å². The number of carbonyl (C=O) groups is 1. The van der Waals surface area contributed by atoms with Crippen LogP contribution in [0.25, 0.3) is 0 Å². The van der Waals surface area contributed by atoms with Gasteiger partial charge in [0.25, 0.3) is 0 Å². The molecule has 1 aromatic rings. The molecule has 19 heavy (non-hydrogen) atoms. The Morgan fingerprint density at radius 3 is 2.84 bits per heavy atom. The van der Waals surface area contributed by atoms with Crippen LogP contribution in [0.15, 0.2) is 6.07 Å². The molecule has 1 atom stereocenters. The number of benzene rings is 1. The van der Waals surface area contributed by atoms with Crippen molar-refractivity contribution in [2.75, 3.05) is 6.79 Å². The van der Waals surface area contributed by atoms with Gasteiger partial charge >= 0.3 is 5.97 Å². The molecule has 1 aliphatic heterocycles. The summed E-state index contributed by atoms with van der Waals surface area (Å²) in [5.74, 6) is -2.45. The van der Waals surface area contributed by atoms with Crippen LogP contribution in [0.4, 0.5) is 4.39 Å². The van der Waals surface area contributed by atoms with Crippen LogP contribution in [-0.2, 0) is 4.79 Å². The van der Waals surface area contributed by atoms with Gasteiger partial charge in [-0.3, -0.25) is 4.79 Å². The van der Waals surface area contributed by atoms with Crippen LogP contribution in [-0.4, -0.2) is 23.0 Å². The lowest BCUT2D eigenvalue weighted by molar-refractivity contribution is -0.137. The van der Waals surface area contributed by atoms with Crippen molar-refractivity contribution in [3.63, 3.8) is 0 Å². The van der Waals surface area contributed by atoms with Crippen LogP contribution < -0.4 is 9.47 Å². The van der Waals surface area contributed by atoms with Crippen LogP contribution in [0.3, 0.4) is 0 Å². The van der Waals surface area contributed by atoms with Crippen molar-refractivity contribution in [1.82, 2.24) is 0 Å². The summed E-state index contributed by atoms with van der Waals surface area (Å²) in [6, 6.07) is 1.49. The molecule has 1 aliphatic carbocycles. The van der Waals surface area contributed by atoms with Crippen molar-refractivity contribution in [2.45, 2.75) is 25.2 Å². The molecule has 3 rings (SSSR count). The number of aromatic hydroxyl groups is 1. The molecule has 1 heterocycles. The second kappa shape index (κ2) is 4.29. The Bertz CT molecular complexity index is 538. The molecule has 1 aromatic carbocycles. The van der Waals surface area contributed by atoms with E-state index < -0.39 is 17.5 Å². The predicted octanol–water partition coefficient (Wildman–Crippen LogP) is 2.23. The lowest BCUT2D eigenvalue weighted by atomic mass is 9.90. The topological polar surface area (TPSA) is 76.0 Å². The fraction of sp³-hybridized carbons (Fsp3) is 0.462. The number of fused-ring (bicyclic) bond motifs is 1. The number of rotatable bonds is 4. The van der Waals surface area contributed by atoms with Crippen molar-refractivity contribution in [2.24, 2.45) is 5.92 Å². The maximum Gasteiger partial charge on any atom is 0.303 e. The molecule has 2 aliphatic rings. The first-order valence-electron chi connectivity index (χ1n) is 6.10. The minimum absolute atomic E-state index is 0.0951. The number of carboxylic acid groups (broad SMARTS) is 1. The summed E-state index contributed by atoms with van der Waals surface area (Å²) in [4.78, 5) is 10.9. The number of hydrogen-bond donors (Lipinski definition) is 2. The molecular formula is C13H13FO5. The first-order chi connectivity index (χ1) is 9.08. The van der Waals surface area contributed by atoms with Gasteiger partial charge in [0.05, 0.1) is 6.42 Å². The first kappa shape index (κ1) is 12.1. The highest BCUT2D eigenvalue weighted by Gasteiger charge is 2.37. The van der Waals surface area contributed by atoms with Gasteiger partial charge in [-0.2, -0.15) is 4.39 Å². The smallest absolute Gasteiger partial charge is 0.303 e. The summed E-state index contributed by atoms with van der Waals surface area (Å²) in [6.45, 7) is -0.0951. The summed E-state index contributed by atoms with van der Waals surface area (Å²) in [7, 11) is 0. The lowest BCUT2D eigenvalue weighted by Gasteiger charge is -2.17. The number of phenols is 1. The van der Waals surface area contributed by atoms with E-state index in [1.807, 2.05) is 0 Å². The highest BCUT2D eigenvalue weighted by atomic mass is 19.1. The average molecular weight is 268 g/mol. The minimum Gasteiger partial charge on any atom is -0.505 e. The molecule has 6 heteroatoms. The maximum atomic E-state index is 13.9. The summed E-state index contributed by atoms with van der Waals surface area (Å²) in [5.41, 5.74) is 0.298. The zero-order valence-electron chi connectivity index (χ0n) is 10.1. The minimum atomic E-state index is -0.964. The molecule has 0 aromatic heterocycles. The third-order valence-electron chi connectivity index (χ3n) is 3.59. The van der Waals surface area contributed by atoms with Gasteiger partial charge < -0.3 is 19.7 Å². The molecule has 1 fully saturated rings. The van der Waals surface area contributed by atoms with Gasteiger partial charge in [0, 0.05) is 11.5 Å². The number of ether oxygens (including phenoxy) is 2. The van der Waals surface area contributed by atoms with E-state index in [-0.39, 0.29) is 36.5 Å². The molecule has 0 radical (unpaired) electrons. The molecule has 5 nitrogen and oxygen atoms in total. The largest absolute Gasteiger partial charge is 0.505 e. The molecule has 2 N–H and O–H groups in total. The number of hydrogen-bond acceptors (Lipinski definition) is 4. The van der Waals surface area contributed by atoms with Gasteiger partial charge in [-0.05, 0) is 24.8 Å². The summed E-state index contributed by atoms with van der Waals surface area (Å²) in [5, 5.41) is 18.9. The molecule has 0 bridgehead atoms.